The number of hydrogen-bond acceptors (Lipinski definition) is 5. The fraction of sp³-hybridized carbons (Fsp3) is 0.182. The number of non-ortho nitro benzene ring substituents is 1. The van der Waals surface area contributed by atoms with Crippen LogP contribution < -0.4 is 0 Å². The van der Waals surface area contributed by atoms with Gasteiger partial charge < -0.3 is 5.11 Å². The van der Waals surface area contributed by atoms with E-state index >= 15 is 0 Å². The maximum absolute atomic E-state index is 10.7. The molecule has 0 atom stereocenters. The van der Waals surface area contributed by atoms with Crippen LogP contribution in [0.25, 0.3) is 5.69 Å². The Kier molecular flexibility index (Phi) is 4.39. The number of nitro groups is 1. The third kappa shape index (κ3) is 3.47. The molecule has 0 aliphatic rings. The van der Waals surface area contributed by atoms with Crippen molar-refractivity contribution in [2.45, 2.75) is 12.8 Å². The summed E-state index contributed by atoms with van der Waals surface area (Å²) in [7, 11) is 0. The van der Waals surface area contributed by atoms with Gasteiger partial charge in [-0.1, -0.05) is 28.4 Å². The Morgan fingerprint density at radius 2 is 2.00 bits per heavy atom. The Bertz CT molecular complexity index is 693. The van der Waals surface area contributed by atoms with Crippen LogP contribution in [0.15, 0.2) is 18.3 Å². The molecule has 1 aromatic heterocycles. The van der Waals surface area contributed by atoms with E-state index in [0.717, 1.165) is 12.1 Å². The maximum Gasteiger partial charge on any atom is 0.303 e. The van der Waals surface area contributed by atoms with E-state index in [2.05, 4.69) is 10.3 Å². The third-order valence-electron chi connectivity index (χ3n) is 2.58. The number of rotatable bonds is 5. The van der Waals surface area contributed by atoms with Crippen molar-refractivity contribution in [3.63, 3.8) is 0 Å². The van der Waals surface area contributed by atoms with Crippen molar-refractivity contribution >= 4 is 34.9 Å². The van der Waals surface area contributed by atoms with Gasteiger partial charge in [-0.25, -0.2) is 4.68 Å². The topological polar surface area (TPSA) is 111 Å². The number of aromatic nitrogens is 3. The second kappa shape index (κ2) is 6.06. The second-order valence-electron chi connectivity index (χ2n) is 4.06. The molecule has 1 aromatic carbocycles. The van der Waals surface area contributed by atoms with Crippen LogP contribution in [0.2, 0.25) is 10.0 Å². The Morgan fingerprint density at radius 1 is 1.38 bits per heavy atom. The molecule has 0 aliphatic carbocycles. The van der Waals surface area contributed by atoms with E-state index in [-0.39, 0.29) is 34.3 Å². The number of halogens is 2. The highest BCUT2D eigenvalue weighted by Crippen LogP contribution is 2.32. The van der Waals surface area contributed by atoms with E-state index in [1.54, 1.807) is 0 Å². The van der Waals surface area contributed by atoms with Gasteiger partial charge in [0.1, 0.15) is 5.69 Å². The highest BCUT2D eigenvalue weighted by atomic mass is 35.5. The Morgan fingerprint density at radius 3 is 2.52 bits per heavy atom. The molecule has 0 amide bonds. The van der Waals surface area contributed by atoms with E-state index in [4.69, 9.17) is 28.3 Å². The first kappa shape index (κ1) is 15.2. The Balaban J connectivity index is 2.34. The minimum atomic E-state index is -0.948. The molecule has 2 rings (SSSR count). The summed E-state index contributed by atoms with van der Waals surface area (Å²) < 4.78 is 1.26. The van der Waals surface area contributed by atoms with E-state index in [1.165, 1.54) is 10.9 Å². The molecule has 1 heterocycles. The molecular formula is C11H8Cl2N4O4. The van der Waals surface area contributed by atoms with E-state index in [1.807, 2.05) is 0 Å². The lowest BCUT2D eigenvalue weighted by Crippen LogP contribution is -1.99. The van der Waals surface area contributed by atoms with Crippen LogP contribution in [0.5, 0.6) is 0 Å². The summed E-state index contributed by atoms with van der Waals surface area (Å²) >= 11 is 12.0. The van der Waals surface area contributed by atoms with Crippen molar-refractivity contribution in [1.82, 2.24) is 15.0 Å². The number of hydrogen-bond donors (Lipinski definition) is 1. The zero-order valence-electron chi connectivity index (χ0n) is 10.4. The number of benzene rings is 1. The maximum atomic E-state index is 10.7. The van der Waals surface area contributed by atoms with E-state index in [0.29, 0.717) is 5.69 Å². The molecule has 0 fully saturated rings. The number of aryl methyl sites for hydroxylation is 1. The zero-order chi connectivity index (χ0) is 15.6. The van der Waals surface area contributed by atoms with Gasteiger partial charge in [0.15, 0.2) is 0 Å². The van der Waals surface area contributed by atoms with Crippen molar-refractivity contribution in [1.29, 1.82) is 0 Å². The highest BCUT2D eigenvalue weighted by Gasteiger charge is 2.17. The predicted molar refractivity (Wildman–Crippen MR) is 74.0 cm³/mol. The van der Waals surface area contributed by atoms with Crippen LogP contribution in [-0.4, -0.2) is 31.0 Å². The van der Waals surface area contributed by atoms with Gasteiger partial charge in [0.2, 0.25) is 0 Å². The molecule has 0 bridgehead atoms. The van der Waals surface area contributed by atoms with Gasteiger partial charge in [-0.2, -0.15) is 0 Å². The van der Waals surface area contributed by atoms with Gasteiger partial charge in [0, 0.05) is 18.6 Å². The van der Waals surface area contributed by atoms with Crippen molar-refractivity contribution < 1.29 is 14.8 Å². The molecule has 0 saturated carbocycles. The van der Waals surface area contributed by atoms with Gasteiger partial charge in [-0.3, -0.25) is 14.9 Å². The summed E-state index contributed by atoms with van der Waals surface area (Å²) in [6.07, 6.45) is 1.60. The lowest BCUT2D eigenvalue weighted by Gasteiger charge is -2.05. The standard InChI is InChI=1S/C11H8Cl2N4O4/c12-8-3-7(17(20)21)4-9(13)11(8)16-5-6(14-15-16)1-2-10(18)19/h3-5H,1-2H2,(H,18,19). The molecule has 0 spiro atoms. The number of nitrogens with zero attached hydrogens (tertiary/aromatic N) is 4. The van der Waals surface area contributed by atoms with Gasteiger partial charge in [-0.05, 0) is 0 Å². The third-order valence-corrected chi connectivity index (χ3v) is 3.15. The van der Waals surface area contributed by atoms with Gasteiger partial charge >= 0.3 is 5.97 Å². The average Bonchev–Trinajstić information content (AvgIpc) is 2.84. The molecule has 2 aromatic rings. The van der Waals surface area contributed by atoms with Gasteiger partial charge in [0.05, 0.1) is 33.3 Å². The molecule has 0 saturated heterocycles. The van der Waals surface area contributed by atoms with Crippen LogP contribution in [0.1, 0.15) is 12.1 Å². The van der Waals surface area contributed by atoms with Crippen LogP contribution in [-0.2, 0) is 11.2 Å². The first-order chi connectivity index (χ1) is 9.88. The minimum absolute atomic E-state index is 0.0453. The fourth-order valence-corrected chi connectivity index (χ4v) is 2.28. The average molecular weight is 331 g/mol. The molecule has 0 aliphatic heterocycles. The van der Waals surface area contributed by atoms with Crippen molar-refractivity contribution in [2.24, 2.45) is 0 Å². The molecule has 0 unspecified atom stereocenters. The number of nitro benzene ring substituents is 1. The summed E-state index contributed by atoms with van der Waals surface area (Å²) in [5.74, 6) is -0.948. The summed E-state index contributed by atoms with van der Waals surface area (Å²) in [5.41, 5.74) is 0.459. The quantitative estimate of drug-likeness (QED) is 0.665. The lowest BCUT2D eigenvalue weighted by atomic mass is 10.2. The minimum Gasteiger partial charge on any atom is -0.481 e. The summed E-state index contributed by atoms with van der Waals surface area (Å²) in [5, 5.41) is 27.0. The summed E-state index contributed by atoms with van der Waals surface area (Å²) in [6, 6.07) is 2.31. The van der Waals surface area contributed by atoms with Gasteiger partial charge in [0.25, 0.3) is 5.69 Å². The molecule has 1 N–H and O–H groups in total. The monoisotopic (exact) mass is 330 g/mol. The predicted octanol–water partition coefficient (Wildman–Crippen LogP) is 2.50. The Hall–Kier alpha value is -2.19. The number of aliphatic carboxylic acids is 1. The molecular weight excluding hydrogens is 323 g/mol. The van der Waals surface area contributed by atoms with Crippen molar-refractivity contribution in [2.75, 3.05) is 0 Å². The SMILES string of the molecule is O=C(O)CCc1cn(-c2c(Cl)cc([N+](=O)[O-])cc2Cl)nn1. The second-order valence-corrected chi connectivity index (χ2v) is 4.88. The van der Waals surface area contributed by atoms with Crippen molar-refractivity contribution in [3.8, 4) is 5.69 Å². The van der Waals surface area contributed by atoms with Crippen molar-refractivity contribution in [3.05, 3.63) is 44.2 Å². The van der Waals surface area contributed by atoms with E-state index in [9.17, 15) is 14.9 Å². The first-order valence-electron chi connectivity index (χ1n) is 5.65. The largest absolute Gasteiger partial charge is 0.481 e. The number of carboxylic acids is 1. The number of carbonyl (C=O) groups is 1. The zero-order valence-corrected chi connectivity index (χ0v) is 11.9. The van der Waals surface area contributed by atoms with Crippen LogP contribution in [0.4, 0.5) is 5.69 Å². The highest BCUT2D eigenvalue weighted by molar-refractivity contribution is 6.38. The summed E-state index contributed by atoms with van der Waals surface area (Å²) in [6.45, 7) is 0. The van der Waals surface area contributed by atoms with Gasteiger partial charge in [-0.15, -0.1) is 5.10 Å². The normalized spacial score (nSPS) is 10.6. The Labute approximate surface area is 128 Å². The summed E-state index contributed by atoms with van der Waals surface area (Å²) in [4.78, 5) is 20.6. The fourth-order valence-electron chi connectivity index (χ4n) is 1.63. The first-order valence-corrected chi connectivity index (χ1v) is 6.41. The molecule has 10 heteroatoms. The molecule has 8 nitrogen and oxygen atoms in total. The molecule has 110 valence electrons. The van der Waals surface area contributed by atoms with Crippen LogP contribution >= 0.6 is 23.2 Å². The van der Waals surface area contributed by atoms with Crippen LogP contribution in [0, 0.1) is 10.1 Å². The number of carboxylic acid groups (broad SMARTS) is 1. The van der Waals surface area contributed by atoms with E-state index < -0.39 is 10.9 Å². The van der Waals surface area contributed by atoms with Crippen LogP contribution in [0.3, 0.4) is 0 Å². The molecule has 0 radical (unpaired) electrons. The lowest BCUT2D eigenvalue weighted by molar-refractivity contribution is -0.384. The molecule has 21 heavy (non-hydrogen) atoms. The smallest absolute Gasteiger partial charge is 0.303 e.